The van der Waals surface area contributed by atoms with Gasteiger partial charge < -0.3 is 14.8 Å². The van der Waals surface area contributed by atoms with Crippen LogP contribution in [0.2, 0.25) is 0 Å². The minimum atomic E-state index is -3.94. The smallest absolute Gasteiger partial charge is 0.303 e. The Morgan fingerprint density at radius 2 is 1.77 bits per heavy atom. The second-order valence-corrected chi connectivity index (χ2v) is 11.6. The predicted octanol–water partition coefficient (Wildman–Crippen LogP) is 3.30. The number of aliphatic hydroxyl groups excluding tert-OH is 2. The molecule has 35 heavy (non-hydrogen) atoms. The molecule has 1 amide bonds. The second-order valence-electron chi connectivity index (χ2n) is 9.76. The molecule has 8 nitrogen and oxygen atoms in total. The summed E-state index contributed by atoms with van der Waals surface area (Å²) in [6.07, 6.45) is 3.56. The summed E-state index contributed by atoms with van der Waals surface area (Å²) in [4.78, 5) is 12.9. The zero-order valence-corrected chi connectivity index (χ0v) is 20.8. The van der Waals surface area contributed by atoms with Crippen LogP contribution in [-0.2, 0) is 16.8 Å². The molecule has 1 aromatic heterocycles. The standard InChI is InChI=1S/C26H31N3O5S/c1-28(2)35(33,34)27-26(32)17-12-13-20-21(14-17)29-15-22(30)25(31)19-11-7-6-10-18(19)24(29)23(20)16-8-4-3-5-9-16/h6-7,10-14,16,22,25,30-31H,3-5,8-9,15H2,1-2H3,(H,27,32)/t22-,25+/m0/s1. The molecule has 9 heteroatoms. The van der Waals surface area contributed by atoms with Gasteiger partial charge in [-0.25, -0.2) is 4.72 Å². The first-order valence-corrected chi connectivity index (χ1v) is 13.5. The van der Waals surface area contributed by atoms with Crippen molar-refractivity contribution < 1.29 is 23.4 Å². The van der Waals surface area contributed by atoms with Gasteiger partial charge in [0.2, 0.25) is 0 Å². The van der Waals surface area contributed by atoms with E-state index in [9.17, 15) is 23.4 Å². The minimum Gasteiger partial charge on any atom is -0.388 e. The number of carbonyl (C=O) groups excluding carboxylic acids is 1. The van der Waals surface area contributed by atoms with Gasteiger partial charge in [0.1, 0.15) is 12.2 Å². The molecule has 2 heterocycles. The van der Waals surface area contributed by atoms with E-state index >= 15 is 0 Å². The van der Waals surface area contributed by atoms with E-state index in [4.69, 9.17) is 0 Å². The molecule has 186 valence electrons. The Hall–Kier alpha value is -2.72. The van der Waals surface area contributed by atoms with Crippen molar-refractivity contribution in [3.8, 4) is 11.3 Å². The molecular weight excluding hydrogens is 466 g/mol. The summed E-state index contributed by atoms with van der Waals surface area (Å²) in [7, 11) is -1.23. The van der Waals surface area contributed by atoms with Crippen LogP contribution < -0.4 is 4.72 Å². The van der Waals surface area contributed by atoms with Gasteiger partial charge in [0.25, 0.3) is 5.91 Å². The number of aliphatic hydroxyl groups is 2. The van der Waals surface area contributed by atoms with Crippen LogP contribution in [0.25, 0.3) is 22.2 Å². The maximum atomic E-state index is 12.9. The first-order chi connectivity index (χ1) is 16.7. The summed E-state index contributed by atoms with van der Waals surface area (Å²) < 4.78 is 29.5. The van der Waals surface area contributed by atoms with Gasteiger partial charge in [0, 0.05) is 36.1 Å². The van der Waals surface area contributed by atoms with Crippen LogP contribution in [0, 0.1) is 0 Å². The molecule has 5 rings (SSSR count). The summed E-state index contributed by atoms with van der Waals surface area (Å²) >= 11 is 0. The Kier molecular flexibility index (Phi) is 6.21. The highest BCUT2D eigenvalue weighted by Gasteiger charge is 2.34. The molecule has 1 aliphatic carbocycles. The predicted molar refractivity (Wildman–Crippen MR) is 134 cm³/mol. The van der Waals surface area contributed by atoms with Crippen molar-refractivity contribution in [1.29, 1.82) is 0 Å². The van der Waals surface area contributed by atoms with Gasteiger partial charge in [-0.05, 0) is 42.0 Å². The van der Waals surface area contributed by atoms with Gasteiger partial charge in [0.15, 0.2) is 0 Å². The Balaban J connectivity index is 1.73. The fourth-order valence-corrected chi connectivity index (χ4v) is 6.07. The molecule has 0 bridgehead atoms. The zero-order chi connectivity index (χ0) is 24.9. The third-order valence-electron chi connectivity index (χ3n) is 7.35. The number of hydrogen-bond acceptors (Lipinski definition) is 5. The molecule has 0 saturated heterocycles. The Bertz CT molecular complexity index is 1390. The Morgan fingerprint density at radius 1 is 1.06 bits per heavy atom. The number of hydrogen-bond donors (Lipinski definition) is 3. The van der Waals surface area contributed by atoms with Crippen molar-refractivity contribution in [1.82, 2.24) is 13.6 Å². The van der Waals surface area contributed by atoms with Gasteiger partial charge in [-0.15, -0.1) is 0 Å². The van der Waals surface area contributed by atoms with Crippen molar-refractivity contribution in [2.24, 2.45) is 0 Å². The zero-order valence-electron chi connectivity index (χ0n) is 19.9. The van der Waals surface area contributed by atoms with E-state index in [0.717, 1.165) is 52.1 Å². The normalized spacial score (nSPS) is 20.9. The van der Waals surface area contributed by atoms with Gasteiger partial charge in [0.05, 0.1) is 12.2 Å². The Labute approximate surface area is 205 Å². The average molecular weight is 498 g/mol. The summed E-state index contributed by atoms with van der Waals surface area (Å²) in [5.41, 5.74) is 4.69. The minimum absolute atomic E-state index is 0.162. The molecule has 3 N–H and O–H groups in total. The van der Waals surface area contributed by atoms with E-state index in [-0.39, 0.29) is 12.1 Å². The highest BCUT2D eigenvalue weighted by atomic mass is 32.2. The van der Waals surface area contributed by atoms with E-state index in [0.29, 0.717) is 11.5 Å². The van der Waals surface area contributed by atoms with Crippen molar-refractivity contribution >= 4 is 27.0 Å². The quantitative estimate of drug-likeness (QED) is 0.512. The molecule has 2 atom stereocenters. The van der Waals surface area contributed by atoms with E-state index in [1.807, 2.05) is 34.9 Å². The molecule has 1 aliphatic heterocycles. The largest absolute Gasteiger partial charge is 0.388 e. The van der Waals surface area contributed by atoms with Crippen LogP contribution in [0.1, 0.15) is 65.6 Å². The molecule has 1 saturated carbocycles. The van der Waals surface area contributed by atoms with Crippen molar-refractivity contribution in [2.75, 3.05) is 14.1 Å². The van der Waals surface area contributed by atoms with Crippen molar-refractivity contribution in [2.45, 2.75) is 56.8 Å². The lowest BCUT2D eigenvalue weighted by molar-refractivity contribution is 0.0112. The topological polar surface area (TPSA) is 112 Å². The summed E-state index contributed by atoms with van der Waals surface area (Å²) in [6.45, 7) is 0.162. The lowest BCUT2D eigenvalue weighted by atomic mass is 9.81. The summed E-state index contributed by atoms with van der Waals surface area (Å²) in [5, 5.41) is 22.8. The fraction of sp³-hybridized carbons (Fsp3) is 0.423. The van der Waals surface area contributed by atoms with Crippen LogP contribution in [0.5, 0.6) is 0 Å². The number of benzene rings is 2. The number of amides is 1. The summed E-state index contributed by atoms with van der Waals surface area (Å²) in [6, 6.07) is 12.9. The number of carbonyl (C=O) groups is 1. The second kappa shape index (κ2) is 9.05. The third kappa shape index (κ3) is 4.16. The van der Waals surface area contributed by atoms with Crippen molar-refractivity contribution in [3.05, 3.63) is 59.2 Å². The number of aromatic nitrogens is 1. The molecular formula is C26H31N3O5S. The lowest BCUT2D eigenvalue weighted by Gasteiger charge is -2.24. The number of nitrogens with zero attached hydrogens (tertiary/aromatic N) is 2. The van der Waals surface area contributed by atoms with Crippen LogP contribution in [0.3, 0.4) is 0 Å². The first-order valence-electron chi connectivity index (χ1n) is 12.0. The van der Waals surface area contributed by atoms with Gasteiger partial charge in [-0.2, -0.15) is 12.7 Å². The number of nitrogens with one attached hydrogen (secondary N) is 1. The van der Waals surface area contributed by atoms with Crippen LogP contribution in [-0.4, -0.2) is 53.6 Å². The number of fused-ring (bicyclic) bond motifs is 5. The molecule has 1 fully saturated rings. The van der Waals surface area contributed by atoms with E-state index in [1.54, 1.807) is 12.1 Å². The SMILES string of the molecule is CN(C)S(=O)(=O)NC(=O)c1ccc2c(C3CCCCC3)c3n(c2c1)C[C@H](O)[C@H](O)c1ccccc1-3. The Morgan fingerprint density at radius 3 is 2.49 bits per heavy atom. The molecule has 0 unspecified atom stereocenters. The average Bonchev–Trinajstić information content (AvgIpc) is 3.11. The van der Waals surface area contributed by atoms with Crippen LogP contribution >= 0.6 is 0 Å². The van der Waals surface area contributed by atoms with E-state index in [1.165, 1.54) is 26.1 Å². The molecule has 0 spiro atoms. The molecule has 0 radical (unpaired) electrons. The first kappa shape index (κ1) is 24.0. The van der Waals surface area contributed by atoms with Crippen LogP contribution in [0.4, 0.5) is 0 Å². The molecule has 2 aliphatic rings. The van der Waals surface area contributed by atoms with Gasteiger partial charge in [-0.1, -0.05) is 49.6 Å². The van der Waals surface area contributed by atoms with Crippen molar-refractivity contribution in [3.63, 3.8) is 0 Å². The molecule has 2 aromatic carbocycles. The van der Waals surface area contributed by atoms with Crippen LogP contribution in [0.15, 0.2) is 42.5 Å². The van der Waals surface area contributed by atoms with Gasteiger partial charge in [-0.3, -0.25) is 4.79 Å². The third-order valence-corrected chi connectivity index (χ3v) is 8.76. The fourth-order valence-electron chi connectivity index (χ4n) is 5.53. The lowest BCUT2D eigenvalue weighted by Crippen LogP contribution is -2.39. The highest BCUT2D eigenvalue weighted by molar-refractivity contribution is 7.87. The monoisotopic (exact) mass is 497 g/mol. The maximum absolute atomic E-state index is 12.9. The van der Waals surface area contributed by atoms with E-state index in [2.05, 4.69) is 4.72 Å². The highest BCUT2D eigenvalue weighted by Crippen LogP contribution is 2.47. The van der Waals surface area contributed by atoms with E-state index < -0.39 is 28.3 Å². The summed E-state index contributed by atoms with van der Waals surface area (Å²) in [5.74, 6) is -0.387. The maximum Gasteiger partial charge on any atom is 0.303 e. The number of rotatable bonds is 4. The molecule has 3 aromatic rings. The van der Waals surface area contributed by atoms with Gasteiger partial charge >= 0.3 is 10.2 Å².